The second-order valence-electron chi connectivity index (χ2n) is 5.79. The van der Waals surface area contributed by atoms with Crippen molar-refractivity contribution < 1.29 is 14.3 Å². The molecule has 1 atom stereocenters. The summed E-state index contributed by atoms with van der Waals surface area (Å²) in [4.78, 5) is 27.3. The molecule has 7 heteroatoms. The molecule has 0 fully saturated rings. The molecule has 0 bridgehead atoms. The van der Waals surface area contributed by atoms with E-state index in [0.717, 1.165) is 16.5 Å². The predicted octanol–water partition coefficient (Wildman–Crippen LogP) is 2.98. The summed E-state index contributed by atoms with van der Waals surface area (Å²) in [7, 11) is 0. The second kappa shape index (κ2) is 7.93. The maximum atomic E-state index is 12.1. The van der Waals surface area contributed by atoms with Crippen molar-refractivity contribution >= 4 is 34.3 Å². The number of carbonyl (C=O) groups excluding carboxylic acids is 2. The summed E-state index contributed by atoms with van der Waals surface area (Å²) in [6.45, 7) is 1.59. The molecule has 0 aliphatic rings. The smallest absolute Gasteiger partial charge is 0.279 e. The van der Waals surface area contributed by atoms with Crippen molar-refractivity contribution in [1.82, 2.24) is 15.8 Å². The van der Waals surface area contributed by atoms with Crippen LogP contribution in [0.25, 0.3) is 10.9 Å². The standard InChI is InChI=1S/C19H18ClN3O3/c1-12(26-15-6-4-5-14(20)10-15)19(25)23-22-18(24)9-13-11-21-17-8-3-2-7-16(13)17/h2-8,10-12,21H,9H2,1H3,(H,22,24)(H,23,25)/t12-/m0/s1. The first-order valence-corrected chi connectivity index (χ1v) is 8.46. The second-order valence-corrected chi connectivity index (χ2v) is 6.23. The van der Waals surface area contributed by atoms with Gasteiger partial charge in [0.1, 0.15) is 5.75 Å². The molecule has 3 aromatic rings. The highest BCUT2D eigenvalue weighted by molar-refractivity contribution is 6.30. The zero-order chi connectivity index (χ0) is 18.5. The van der Waals surface area contributed by atoms with Crippen LogP contribution in [0.3, 0.4) is 0 Å². The topological polar surface area (TPSA) is 83.2 Å². The molecule has 2 aromatic carbocycles. The summed E-state index contributed by atoms with van der Waals surface area (Å²) >= 11 is 5.88. The predicted molar refractivity (Wildman–Crippen MR) is 99.8 cm³/mol. The molecule has 0 saturated carbocycles. The van der Waals surface area contributed by atoms with Gasteiger partial charge in [0.2, 0.25) is 5.91 Å². The molecule has 3 rings (SSSR count). The Kier molecular flexibility index (Phi) is 5.43. The molecule has 1 heterocycles. The number of halogens is 1. The van der Waals surface area contributed by atoms with Gasteiger partial charge in [0.25, 0.3) is 5.91 Å². The van der Waals surface area contributed by atoms with E-state index in [1.807, 2.05) is 24.3 Å². The van der Waals surface area contributed by atoms with Crippen molar-refractivity contribution in [3.63, 3.8) is 0 Å². The normalized spacial score (nSPS) is 11.8. The van der Waals surface area contributed by atoms with E-state index in [4.69, 9.17) is 16.3 Å². The van der Waals surface area contributed by atoms with E-state index in [0.29, 0.717) is 10.8 Å². The number of hydrogen-bond acceptors (Lipinski definition) is 3. The lowest BCUT2D eigenvalue weighted by Gasteiger charge is -2.15. The summed E-state index contributed by atoms with van der Waals surface area (Å²) in [5.74, 6) is -0.305. The quantitative estimate of drug-likeness (QED) is 0.603. The Balaban J connectivity index is 1.51. The third kappa shape index (κ3) is 4.34. The van der Waals surface area contributed by atoms with Gasteiger partial charge < -0.3 is 9.72 Å². The fourth-order valence-corrected chi connectivity index (χ4v) is 2.71. The first kappa shape index (κ1) is 17.8. The van der Waals surface area contributed by atoms with E-state index in [1.165, 1.54) is 0 Å². The van der Waals surface area contributed by atoms with Crippen LogP contribution in [0.2, 0.25) is 5.02 Å². The summed E-state index contributed by atoms with van der Waals surface area (Å²) < 4.78 is 5.50. The van der Waals surface area contributed by atoms with Gasteiger partial charge in [0.05, 0.1) is 6.42 Å². The van der Waals surface area contributed by atoms with Crippen LogP contribution >= 0.6 is 11.6 Å². The number of amides is 2. The first-order chi connectivity index (χ1) is 12.5. The minimum Gasteiger partial charge on any atom is -0.481 e. The monoisotopic (exact) mass is 371 g/mol. The van der Waals surface area contributed by atoms with Crippen LogP contribution in [0, 0.1) is 0 Å². The lowest BCUT2D eigenvalue weighted by molar-refractivity contribution is -0.132. The maximum absolute atomic E-state index is 12.1. The van der Waals surface area contributed by atoms with Crippen molar-refractivity contribution in [1.29, 1.82) is 0 Å². The number of aromatic nitrogens is 1. The van der Waals surface area contributed by atoms with Gasteiger partial charge in [-0.1, -0.05) is 35.9 Å². The van der Waals surface area contributed by atoms with Crippen LogP contribution in [0.15, 0.2) is 54.7 Å². The fourth-order valence-electron chi connectivity index (χ4n) is 2.53. The van der Waals surface area contributed by atoms with Crippen molar-refractivity contribution in [2.45, 2.75) is 19.4 Å². The van der Waals surface area contributed by atoms with Gasteiger partial charge in [0, 0.05) is 22.1 Å². The molecule has 0 saturated heterocycles. The Labute approximate surface area is 155 Å². The summed E-state index contributed by atoms with van der Waals surface area (Å²) in [6.07, 6.45) is 1.15. The number of hydrogen-bond donors (Lipinski definition) is 3. The molecule has 0 unspecified atom stereocenters. The number of aromatic amines is 1. The van der Waals surface area contributed by atoms with Crippen LogP contribution < -0.4 is 15.6 Å². The number of para-hydroxylation sites is 1. The molecule has 0 spiro atoms. The van der Waals surface area contributed by atoms with Crippen LogP contribution in [0.1, 0.15) is 12.5 Å². The van der Waals surface area contributed by atoms with E-state index in [2.05, 4.69) is 15.8 Å². The van der Waals surface area contributed by atoms with Gasteiger partial charge >= 0.3 is 0 Å². The number of rotatable bonds is 5. The van der Waals surface area contributed by atoms with Crippen LogP contribution in [0.4, 0.5) is 0 Å². The van der Waals surface area contributed by atoms with Crippen molar-refractivity contribution in [2.75, 3.05) is 0 Å². The molecular weight excluding hydrogens is 354 g/mol. The van der Waals surface area contributed by atoms with Crippen LogP contribution in [-0.2, 0) is 16.0 Å². The number of hydrazine groups is 1. The highest BCUT2D eigenvalue weighted by atomic mass is 35.5. The molecule has 6 nitrogen and oxygen atoms in total. The molecular formula is C19H18ClN3O3. The highest BCUT2D eigenvalue weighted by Gasteiger charge is 2.16. The Bertz CT molecular complexity index is 938. The Morgan fingerprint density at radius 2 is 1.96 bits per heavy atom. The van der Waals surface area contributed by atoms with E-state index in [9.17, 15) is 9.59 Å². The summed E-state index contributed by atoms with van der Waals surface area (Å²) in [5, 5.41) is 1.49. The molecule has 0 aliphatic carbocycles. The van der Waals surface area contributed by atoms with Crippen molar-refractivity contribution in [2.24, 2.45) is 0 Å². The number of fused-ring (bicyclic) bond motifs is 1. The Hall–Kier alpha value is -2.99. The van der Waals surface area contributed by atoms with E-state index in [1.54, 1.807) is 37.4 Å². The molecule has 1 aromatic heterocycles. The van der Waals surface area contributed by atoms with Gasteiger partial charge in [-0.3, -0.25) is 20.4 Å². The largest absolute Gasteiger partial charge is 0.481 e. The number of carbonyl (C=O) groups is 2. The van der Waals surface area contributed by atoms with E-state index in [-0.39, 0.29) is 12.3 Å². The SMILES string of the molecule is C[C@H](Oc1cccc(Cl)c1)C(=O)NNC(=O)Cc1c[nH]c2ccccc12. The number of ether oxygens (including phenoxy) is 1. The third-order valence-corrected chi connectivity index (χ3v) is 4.06. The molecule has 26 heavy (non-hydrogen) atoms. The Morgan fingerprint density at radius 3 is 2.77 bits per heavy atom. The molecule has 2 amide bonds. The van der Waals surface area contributed by atoms with Crippen molar-refractivity contribution in [3.05, 3.63) is 65.3 Å². The number of nitrogens with one attached hydrogen (secondary N) is 3. The van der Waals surface area contributed by atoms with Gasteiger partial charge in [-0.05, 0) is 36.8 Å². The van der Waals surface area contributed by atoms with Gasteiger partial charge in [0.15, 0.2) is 6.10 Å². The molecule has 0 radical (unpaired) electrons. The lowest BCUT2D eigenvalue weighted by atomic mass is 10.1. The maximum Gasteiger partial charge on any atom is 0.279 e. The first-order valence-electron chi connectivity index (χ1n) is 8.09. The van der Waals surface area contributed by atoms with E-state index < -0.39 is 12.0 Å². The van der Waals surface area contributed by atoms with Gasteiger partial charge in [-0.15, -0.1) is 0 Å². The van der Waals surface area contributed by atoms with Gasteiger partial charge in [-0.2, -0.15) is 0 Å². The Morgan fingerprint density at radius 1 is 1.15 bits per heavy atom. The summed E-state index contributed by atoms with van der Waals surface area (Å²) in [5.41, 5.74) is 6.59. The minimum absolute atomic E-state index is 0.147. The minimum atomic E-state index is -0.790. The number of H-pyrrole nitrogens is 1. The van der Waals surface area contributed by atoms with Crippen molar-refractivity contribution in [3.8, 4) is 5.75 Å². The number of benzene rings is 2. The van der Waals surface area contributed by atoms with Gasteiger partial charge in [-0.25, -0.2) is 0 Å². The lowest BCUT2D eigenvalue weighted by Crippen LogP contribution is -2.47. The third-order valence-electron chi connectivity index (χ3n) is 3.83. The zero-order valence-electron chi connectivity index (χ0n) is 14.1. The van der Waals surface area contributed by atoms with Crippen LogP contribution in [0.5, 0.6) is 5.75 Å². The summed E-state index contributed by atoms with van der Waals surface area (Å²) in [6, 6.07) is 14.5. The average molecular weight is 372 g/mol. The average Bonchev–Trinajstić information content (AvgIpc) is 3.02. The molecule has 3 N–H and O–H groups in total. The zero-order valence-corrected chi connectivity index (χ0v) is 14.8. The molecule has 134 valence electrons. The fraction of sp³-hybridized carbons (Fsp3) is 0.158. The van der Waals surface area contributed by atoms with E-state index >= 15 is 0 Å². The molecule has 0 aliphatic heterocycles. The van der Waals surface area contributed by atoms with Crippen LogP contribution in [-0.4, -0.2) is 22.9 Å². The highest BCUT2D eigenvalue weighted by Crippen LogP contribution is 2.19.